The van der Waals surface area contributed by atoms with Gasteiger partial charge in [-0.1, -0.05) is 63.9 Å². The number of ether oxygens (including phenoxy) is 2. The highest BCUT2D eigenvalue weighted by Gasteiger charge is 2.45. The molecule has 3 amide bonds. The van der Waals surface area contributed by atoms with Crippen LogP contribution < -0.4 is 16.0 Å². The van der Waals surface area contributed by atoms with Crippen molar-refractivity contribution in [3.63, 3.8) is 0 Å². The topological polar surface area (TPSA) is 194 Å². The number of Topliss-reactive ketones (excluding diaryl/α,β-unsaturated/α-hetero) is 1. The van der Waals surface area contributed by atoms with Gasteiger partial charge in [-0.3, -0.25) is 19.2 Å². The van der Waals surface area contributed by atoms with E-state index in [1.54, 1.807) is 44.2 Å². The number of carbonyl (C=O) groups is 7. The second-order valence-corrected chi connectivity index (χ2v) is 14.5. The zero-order valence-corrected chi connectivity index (χ0v) is 35.4. The first kappa shape index (κ1) is 56.4. The summed E-state index contributed by atoms with van der Waals surface area (Å²) in [5, 5.41) is 16.9. The fourth-order valence-corrected chi connectivity index (χ4v) is 5.65. The summed E-state index contributed by atoms with van der Waals surface area (Å²) in [5.41, 5.74) is -11.9. The van der Waals surface area contributed by atoms with Gasteiger partial charge in [-0.15, -0.1) is 0 Å². The minimum absolute atomic E-state index is 0.117. The van der Waals surface area contributed by atoms with Crippen molar-refractivity contribution in [2.75, 3.05) is 13.2 Å². The molecular weight excluding hydrogens is 934 g/mol. The van der Waals surface area contributed by atoms with Gasteiger partial charge in [0.05, 0.1) is 33.4 Å². The van der Waals surface area contributed by atoms with Gasteiger partial charge in [-0.25, -0.2) is 14.4 Å². The number of benzene rings is 3. The second kappa shape index (κ2) is 23.7. The van der Waals surface area contributed by atoms with Crippen LogP contribution in [0.5, 0.6) is 0 Å². The molecule has 3 aromatic rings. The molecule has 0 bridgehead atoms. The average Bonchev–Trinajstić information content (AvgIpc) is 3.23. The van der Waals surface area contributed by atoms with E-state index in [0.717, 1.165) is 6.42 Å². The summed E-state index contributed by atoms with van der Waals surface area (Å²) in [4.78, 5) is 84.5. The number of nitrogens with one attached hydrogen (secondary N) is 3. The average molecular weight is 976 g/mol. The number of alkyl halides is 12. The first-order chi connectivity index (χ1) is 30.8. The van der Waals surface area contributed by atoms with Gasteiger partial charge in [0, 0.05) is 5.56 Å². The summed E-state index contributed by atoms with van der Waals surface area (Å²) < 4.78 is 166. The summed E-state index contributed by atoms with van der Waals surface area (Å²) >= 11 is 0. The molecule has 67 heavy (non-hydrogen) atoms. The lowest BCUT2D eigenvalue weighted by atomic mass is 10.00. The van der Waals surface area contributed by atoms with E-state index in [1.165, 1.54) is 6.92 Å². The third-order valence-corrected chi connectivity index (χ3v) is 8.97. The fourth-order valence-electron chi connectivity index (χ4n) is 5.65. The van der Waals surface area contributed by atoms with Crippen molar-refractivity contribution in [3.05, 3.63) is 106 Å². The molecule has 3 aromatic carbocycles. The molecule has 4 N–H and O–H groups in total. The fraction of sp³-hybridized carbons (Fsp3) is 0.405. The predicted octanol–water partition coefficient (Wildman–Crippen LogP) is 8.05. The van der Waals surface area contributed by atoms with Crippen molar-refractivity contribution in [2.24, 2.45) is 5.92 Å². The molecule has 368 valence electrons. The zero-order valence-electron chi connectivity index (χ0n) is 35.4. The molecule has 25 heteroatoms. The summed E-state index contributed by atoms with van der Waals surface area (Å²) in [7, 11) is 0. The van der Waals surface area contributed by atoms with Crippen LogP contribution in [0.15, 0.2) is 66.7 Å². The Morgan fingerprint density at radius 3 is 1.31 bits per heavy atom. The number of aliphatic carboxylic acids is 1. The van der Waals surface area contributed by atoms with Crippen LogP contribution in [-0.2, 0) is 53.4 Å². The summed E-state index contributed by atoms with van der Waals surface area (Å²) in [6, 6.07) is 6.90. The van der Waals surface area contributed by atoms with E-state index in [1.807, 2.05) is 6.92 Å². The van der Waals surface area contributed by atoms with Gasteiger partial charge in [0.1, 0.15) is 18.1 Å². The Hall–Kier alpha value is -6.69. The number of esters is 2. The Labute approximate surface area is 372 Å². The first-order valence-corrected chi connectivity index (χ1v) is 19.4. The Balaban J connectivity index is 0.000000478. The van der Waals surface area contributed by atoms with Crippen LogP contribution in [0.2, 0.25) is 0 Å². The van der Waals surface area contributed by atoms with Gasteiger partial charge < -0.3 is 30.5 Å². The highest BCUT2D eigenvalue weighted by molar-refractivity contribution is 5.99. The molecule has 0 unspecified atom stereocenters. The van der Waals surface area contributed by atoms with Gasteiger partial charge in [0.15, 0.2) is 13.2 Å². The minimum atomic E-state index is -5.47. The molecule has 3 rings (SSSR count). The molecule has 3 atom stereocenters. The predicted molar refractivity (Wildman–Crippen MR) is 208 cm³/mol. The SMILES string of the molecule is CCCC[C@H](NC(=O)[C@H](C)NC(=O)[C@@H](NC(=O)c1ccccc1)C(C)C)C(=O)O.O=C(COC(=O)c1c(C(F)(F)F)cccc1C(F)(F)F)COC(=O)c1c(C(F)(F)F)cccc1C(F)(F)F. The molecule has 0 aliphatic carbocycles. The van der Waals surface area contributed by atoms with Crippen molar-refractivity contribution >= 4 is 41.4 Å². The van der Waals surface area contributed by atoms with Gasteiger partial charge >= 0.3 is 42.6 Å². The number of unbranched alkanes of at least 4 members (excludes halogenated alkanes) is 1. The van der Waals surface area contributed by atoms with Crippen molar-refractivity contribution in [3.8, 4) is 0 Å². The number of amides is 3. The Kier molecular flexibility index (Phi) is 19.9. The van der Waals surface area contributed by atoms with Crippen LogP contribution in [-0.4, -0.2) is 77.9 Å². The minimum Gasteiger partial charge on any atom is -0.480 e. The van der Waals surface area contributed by atoms with Crippen molar-refractivity contribution in [1.82, 2.24) is 16.0 Å². The molecule has 0 radical (unpaired) electrons. The smallest absolute Gasteiger partial charge is 0.417 e. The number of hydrogen-bond acceptors (Lipinski definition) is 9. The maximum atomic E-state index is 13.1. The van der Waals surface area contributed by atoms with E-state index >= 15 is 0 Å². The van der Waals surface area contributed by atoms with E-state index < -0.39 is 125 Å². The Morgan fingerprint density at radius 2 is 0.970 bits per heavy atom. The molecule has 0 saturated carbocycles. The molecule has 0 fully saturated rings. The first-order valence-electron chi connectivity index (χ1n) is 19.4. The lowest BCUT2D eigenvalue weighted by Gasteiger charge is -2.24. The van der Waals surface area contributed by atoms with Gasteiger partial charge in [0.25, 0.3) is 5.91 Å². The molecule has 0 saturated heterocycles. The van der Waals surface area contributed by atoms with Gasteiger partial charge in [0.2, 0.25) is 17.6 Å². The van der Waals surface area contributed by atoms with E-state index in [9.17, 15) is 91.4 Å². The summed E-state index contributed by atoms with van der Waals surface area (Å²) in [6.07, 6.45) is -20.1. The van der Waals surface area contributed by atoms with Crippen LogP contribution in [0.1, 0.15) is 100 Å². The van der Waals surface area contributed by atoms with Crippen LogP contribution in [0, 0.1) is 5.92 Å². The Bertz CT molecular complexity index is 2090. The van der Waals surface area contributed by atoms with Crippen molar-refractivity contribution in [2.45, 2.75) is 89.8 Å². The highest BCUT2D eigenvalue weighted by Crippen LogP contribution is 2.41. The number of ketones is 1. The standard InChI is InChI=1S/C21H10F12O5.C21H31N3O5/c22-18(23,24)10-3-1-4-11(19(25,26)27)14(10)16(35)37-7-9(34)8-38-17(36)15-12(20(28,29)30)5-2-6-13(15)21(31,32)33;1-5-6-12-16(21(28)29)23-18(25)14(4)22-20(27)17(13(2)3)24-19(26)15-10-8-7-9-11-15/h1-6H,7-8H2;7-11,13-14,16-17H,5-6,12H2,1-4H3,(H,22,27)(H,23,25)(H,24,26)(H,28,29)/t;14-,16-,17-/m.0/s1. The molecule has 13 nitrogen and oxygen atoms in total. The normalized spacial score (nSPS) is 13.2. The second-order valence-electron chi connectivity index (χ2n) is 14.5. The third kappa shape index (κ3) is 16.9. The number of carboxylic acid groups (broad SMARTS) is 1. The summed E-state index contributed by atoms with van der Waals surface area (Å²) in [5.74, 6) is -8.98. The maximum Gasteiger partial charge on any atom is 0.417 e. The maximum absolute atomic E-state index is 13.1. The van der Waals surface area contributed by atoms with E-state index in [-0.39, 0.29) is 36.1 Å². The zero-order chi connectivity index (χ0) is 51.2. The monoisotopic (exact) mass is 975 g/mol. The molecule has 0 heterocycles. The molecule has 0 aliphatic heterocycles. The molecule has 0 aliphatic rings. The number of halogens is 12. The number of carboxylic acids is 1. The van der Waals surface area contributed by atoms with Crippen molar-refractivity contribution in [1.29, 1.82) is 0 Å². The van der Waals surface area contributed by atoms with Gasteiger partial charge in [-0.05, 0) is 55.7 Å². The Morgan fingerprint density at radius 1 is 0.567 bits per heavy atom. The number of carbonyl (C=O) groups excluding carboxylic acids is 6. The quantitative estimate of drug-likeness (QED) is 0.0760. The molecular formula is C42H41F12N3O10. The molecule has 0 aromatic heterocycles. The van der Waals surface area contributed by atoms with Crippen LogP contribution in [0.25, 0.3) is 0 Å². The highest BCUT2D eigenvalue weighted by atomic mass is 19.4. The van der Waals surface area contributed by atoms with E-state index in [4.69, 9.17) is 0 Å². The number of hydrogen-bond donors (Lipinski definition) is 4. The molecule has 0 spiro atoms. The summed E-state index contributed by atoms with van der Waals surface area (Å²) in [6.45, 7) is 3.67. The number of rotatable bonds is 17. The van der Waals surface area contributed by atoms with Crippen LogP contribution >= 0.6 is 0 Å². The van der Waals surface area contributed by atoms with Gasteiger partial charge in [-0.2, -0.15) is 52.7 Å². The lowest BCUT2D eigenvalue weighted by molar-refractivity contribution is -0.145. The largest absolute Gasteiger partial charge is 0.480 e. The van der Waals surface area contributed by atoms with Crippen LogP contribution in [0.3, 0.4) is 0 Å². The third-order valence-electron chi connectivity index (χ3n) is 8.97. The van der Waals surface area contributed by atoms with E-state index in [2.05, 4.69) is 25.4 Å². The van der Waals surface area contributed by atoms with Crippen LogP contribution in [0.4, 0.5) is 52.7 Å². The lowest BCUT2D eigenvalue weighted by Crippen LogP contribution is -2.56. The van der Waals surface area contributed by atoms with Crippen molar-refractivity contribution < 1.29 is 101 Å². The van der Waals surface area contributed by atoms with E-state index in [0.29, 0.717) is 30.5 Å².